The van der Waals surface area contributed by atoms with Gasteiger partial charge in [-0.3, -0.25) is 0 Å². The van der Waals surface area contributed by atoms with E-state index in [1.165, 1.54) is 25.4 Å². The predicted octanol–water partition coefficient (Wildman–Crippen LogP) is 5.73. The molecule has 0 aliphatic heterocycles. The van der Waals surface area contributed by atoms with Gasteiger partial charge in [0.15, 0.2) is 17.5 Å². The molecule has 37 heavy (non-hydrogen) atoms. The molecule has 0 saturated heterocycles. The summed E-state index contributed by atoms with van der Waals surface area (Å²) in [5.74, 6) is 0.116. The Morgan fingerprint density at radius 3 is 2.51 bits per heavy atom. The molecule has 6 rings (SSSR count). The topological polar surface area (TPSA) is 84.3 Å². The van der Waals surface area contributed by atoms with Crippen molar-refractivity contribution in [2.45, 2.75) is 70.6 Å². The number of hydrogen-bond acceptors (Lipinski definition) is 7. The molecule has 1 aromatic carbocycles. The van der Waals surface area contributed by atoms with Crippen LogP contribution in [-0.4, -0.2) is 50.6 Å². The van der Waals surface area contributed by atoms with Crippen LogP contribution in [0.1, 0.15) is 52.4 Å². The van der Waals surface area contributed by atoms with Gasteiger partial charge in [-0.05, 0) is 67.7 Å². The number of alkyl halides is 1. The molecule has 7 nitrogen and oxygen atoms in total. The molecule has 3 aliphatic carbocycles. The van der Waals surface area contributed by atoms with Crippen LogP contribution in [0.5, 0.6) is 11.6 Å². The van der Waals surface area contributed by atoms with Crippen LogP contribution in [0.25, 0.3) is 22.5 Å². The Labute approximate surface area is 214 Å². The maximum atomic E-state index is 15.9. The minimum atomic E-state index is -0.918. The van der Waals surface area contributed by atoms with E-state index in [4.69, 9.17) is 4.74 Å². The third-order valence-electron chi connectivity index (χ3n) is 8.52. The third kappa shape index (κ3) is 4.18. The SMILES string of the molecule is COc1ncc(-c2ccc(-c3ncc(N(C4CC4)[C@@H]4C[C@@]5(C)CC[C@](C)(C5)[C@@H]4F)nn3)c(O)c2)cc1F. The van der Waals surface area contributed by atoms with Gasteiger partial charge < -0.3 is 14.7 Å². The molecule has 2 bridgehead atoms. The molecule has 3 fully saturated rings. The third-order valence-corrected chi connectivity index (χ3v) is 8.52. The summed E-state index contributed by atoms with van der Waals surface area (Å²) in [7, 11) is 1.35. The zero-order valence-corrected chi connectivity index (χ0v) is 21.3. The van der Waals surface area contributed by atoms with E-state index in [1.807, 2.05) is 0 Å². The quantitative estimate of drug-likeness (QED) is 0.456. The van der Waals surface area contributed by atoms with E-state index >= 15 is 4.39 Å². The van der Waals surface area contributed by atoms with Crippen molar-refractivity contribution < 1.29 is 18.6 Å². The smallest absolute Gasteiger partial charge is 0.250 e. The average molecular weight is 508 g/mol. The van der Waals surface area contributed by atoms with Crippen LogP contribution in [-0.2, 0) is 0 Å². The Kier molecular flexibility index (Phi) is 5.58. The van der Waals surface area contributed by atoms with Crippen LogP contribution in [0.4, 0.5) is 14.6 Å². The molecule has 9 heteroatoms. The highest BCUT2D eigenvalue weighted by atomic mass is 19.1. The number of ether oxygens (including phenoxy) is 1. The Morgan fingerprint density at radius 1 is 1.05 bits per heavy atom. The number of anilines is 1. The lowest BCUT2D eigenvalue weighted by Gasteiger charge is -2.47. The van der Waals surface area contributed by atoms with Gasteiger partial charge >= 0.3 is 0 Å². The van der Waals surface area contributed by atoms with Gasteiger partial charge in [-0.15, -0.1) is 10.2 Å². The number of benzene rings is 1. The number of methoxy groups -OCH3 is 1. The van der Waals surface area contributed by atoms with Gasteiger partial charge in [0.2, 0.25) is 5.88 Å². The summed E-state index contributed by atoms with van der Waals surface area (Å²) in [6, 6.07) is 6.25. The molecule has 3 aromatic rings. The Bertz CT molecular complexity index is 1330. The zero-order valence-electron chi connectivity index (χ0n) is 21.3. The van der Waals surface area contributed by atoms with Gasteiger partial charge in [0.05, 0.1) is 24.9 Å². The fourth-order valence-electron chi connectivity index (χ4n) is 6.59. The van der Waals surface area contributed by atoms with Crippen LogP contribution in [0, 0.1) is 16.6 Å². The molecule has 0 spiro atoms. The molecular weight excluding hydrogens is 476 g/mol. The summed E-state index contributed by atoms with van der Waals surface area (Å²) in [6.07, 6.45) is 7.98. The maximum absolute atomic E-state index is 15.9. The maximum Gasteiger partial charge on any atom is 0.250 e. The van der Waals surface area contributed by atoms with Crippen molar-refractivity contribution in [1.82, 2.24) is 20.2 Å². The second kappa shape index (κ2) is 8.60. The van der Waals surface area contributed by atoms with E-state index in [1.54, 1.807) is 18.3 Å². The first kappa shape index (κ1) is 24.0. The van der Waals surface area contributed by atoms with Gasteiger partial charge in [-0.2, -0.15) is 0 Å². The number of nitrogens with zero attached hydrogens (tertiary/aromatic N) is 5. The fourth-order valence-corrected chi connectivity index (χ4v) is 6.59. The molecule has 1 N–H and O–H groups in total. The summed E-state index contributed by atoms with van der Waals surface area (Å²) < 4.78 is 34.8. The van der Waals surface area contributed by atoms with Crippen LogP contribution in [0.3, 0.4) is 0 Å². The van der Waals surface area contributed by atoms with Crippen LogP contribution in [0.2, 0.25) is 0 Å². The van der Waals surface area contributed by atoms with Crippen LogP contribution < -0.4 is 9.64 Å². The van der Waals surface area contributed by atoms with E-state index in [-0.39, 0.29) is 40.4 Å². The molecule has 0 radical (unpaired) electrons. The highest BCUT2D eigenvalue weighted by molar-refractivity contribution is 5.72. The number of halogens is 2. The molecule has 0 amide bonds. The fraction of sp³-hybridized carbons (Fsp3) is 0.500. The van der Waals surface area contributed by atoms with E-state index in [2.05, 4.69) is 38.9 Å². The first-order chi connectivity index (χ1) is 17.7. The van der Waals surface area contributed by atoms with Gasteiger partial charge in [0, 0.05) is 23.2 Å². The lowest BCUT2D eigenvalue weighted by atomic mass is 9.67. The monoisotopic (exact) mass is 507 g/mol. The molecule has 2 heterocycles. The van der Waals surface area contributed by atoms with Crippen LogP contribution >= 0.6 is 0 Å². The lowest BCUT2D eigenvalue weighted by Crippen LogP contribution is -2.54. The van der Waals surface area contributed by atoms with Gasteiger partial charge in [0.1, 0.15) is 11.9 Å². The number of rotatable bonds is 6. The van der Waals surface area contributed by atoms with Crippen molar-refractivity contribution in [3.8, 4) is 34.1 Å². The van der Waals surface area contributed by atoms with E-state index in [9.17, 15) is 9.50 Å². The van der Waals surface area contributed by atoms with E-state index < -0.39 is 12.0 Å². The number of fused-ring (bicyclic) bond motifs is 2. The minimum Gasteiger partial charge on any atom is -0.507 e. The largest absolute Gasteiger partial charge is 0.507 e. The second-order valence-corrected chi connectivity index (χ2v) is 11.5. The van der Waals surface area contributed by atoms with Gasteiger partial charge in [0.25, 0.3) is 0 Å². The average Bonchev–Trinajstić information content (AvgIpc) is 3.67. The first-order valence-electron chi connectivity index (χ1n) is 12.9. The number of hydrogen-bond donors (Lipinski definition) is 1. The molecule has 3 saturated carbocycles. The summed E-state index contributed by atoms with van der Waals surface area (Å²) in [4.78, 5) is 10.6. The van der Waals surface area contributed by atoms with E-state index in [0.717, 1.165) is 38.5 Å². The summed E-state index contributed by atoms with van der Waals surface area (Å²) >= 11 is 0. The number of phenolic OH excluding ortho intramolecular Hbond substituents is 1. The van der Waals surface area contributed by atoms with Crippen molar-refractivity contribution >= 4 is 5.82 Å². The summed E-state index contributed by atoms with van der Waals surface area (Å²) in [5.41, 5.74) is 1.36. The highest BCUT2D eigenvalue weighted by Gasteiger charge is 2.58. The number of pyridine rings is 1. The number of aromatic hydroxyl groups is 1. The predicted molar refractivity (Wildman–Crippen MR) is 136 cm³/mol. The van der Waals surface area contributed by atoms with Crippen molar-refractivity contribution in [3.63, 3.8) is 0 Å². The Hall–Kier alpha value is -3.36. The zero-order chi connectivity index (χ0) is 25.9. The molecule has 194 valence electrons. The van der Waals surface area contributed by atoms with Crippen molar-refractivity contribution in [1.29, 1.82) is 0 Å². The van der Waals surface area contributed by atoms with Crippen molar-refractivity contribution in [3.05, 3.63) is 42.5 Å². The lowest BCUT2D eigenvalue weighted by molar-refractivity contribution is 0.0357. The van der Waals surface area contributed by atoms with Gasteiger partial charge in [-0.1, -0.05) is 19.9 Å². The van der Waals surface area contributed by atoms with E-state index in [0.29, 0.717) is 22.5 Å². The first-order valence-corrected chi connectivity index (χ1v) is 12.9. The minimum absolute atomic E-state index is 0.0594. The van der Waals surface area contributed by atoms with Gasteiger partial charge in [-0.25, -0.2) is 18.7 Å². The molecular formula is C28H31F2N5O2. The normalized spacial score (nSPS) is 28.8. The Morgan fingerprint density at radius 2 is 1.86 bits per heavy atom. The van der Waals surface area contributed by atoms with Crippen molar-refractivity contribution in [2.75, 3.05) is 12.0 Å². The molecule has 2 aromatic heterocycles. The molecule has 4 atom stereocenters. The summed E-state index contributed by atoms with van der Waals surface area (Å²) in [6.45, 7) is 4.38. The second-order valence-electron chi connectivity index (χ2n) is 11.5. The molecule has 0 unspecified atom stereocenters. The number of aromatic nitrogens is 4. The molecule has 3 aliphatic rings. The standard InChI is InChI=1S/C28H31F2N5O2/c1-27-8-9-28(2,15-27)24(30)21(12-27)35(18-5-6-18)23-14-31-25(34-33-23)19-7-4-16(11-22(19)36)17-10-20(29)26(37-3)32-13-17/h4,7,10-11,13-14,18,21,24,36H,5-6,8-9,12,15H2,1-3H3/t21-,24-,27-,28-/m1/s1. The highest BCUT2D eigenvalue weighted by Crippen LogP contribution is 2.60. The summed E-state index contributed by atoms with van der Waals surface area (Å²) in [5, 5.41) is 19.5. The van der Waals surface area contributed by atoms with Crippen LogP contribution in [0.15, 0.2) is 36.7 Å². The van der Waals surface area contributed by atoms with Crippen molar-refractivity contribution in [2.24, 2.45) is 10.8 Å². The number of phenols is 1. The Balaban J connectivity index is 1.27.